The van der Waals surface area contributed by atoms with Gasteiger partial charge in [0.1, 0.15) is 17.2 Å². The highest BCUT2D eigenvalue weighted by Crippen LogP contribution is 2.24. The number of aromatic amines is 1. The Morgan fingerprint density at radius 1 is 0.919 bits per heavy atom. The zero-order chi connectivity index (χ0) is 26.4. The van der Waals surface area contributed by atoms with Gasteiger partial charge in [0, 0.05) is 52.7 Å². The summed E-state index contributed by atoms with van der Waals surface area (Å²) in [6.07, 6.45) is 2.61. The van der Waals surface area contributed by atoms with Crippen molar-refractivity contribution >= 4 is 28.7 Å². The van der Waals surface area contributed by atoms with E-state index in [1.165, 1.54) is 14.2 Å². The second-order valence-electron chi connectivity index (χ2n) is 8.36. The Kier molecular flexibility index (Phi) is 7.87. The number of carbonyl (C=O) groups is 1. The number of aliphatic imine (C=N–C) groups is 1. The molecular formula is C27H30N6O4. The fourth-order valence-corrected chi connectivity index (χ4v) is 3.90. The number of nitrogens with one attached hydrogen (secondary N) is 3. The lowest BCUT2D eigenvalue weighted by Crippen LogP contribution is -2.37. The number of hydrogen-bond donors (Lipinski definition) is 3. The molecule has 192 valence electrons. The van der Waals surface area contributed by atoms with E-state index >= 15 is 0 Å². The maximum Gasteiger partial charge on any atom is 0.258 e. The molecule has 4 rings (SSSR count). The molecule has 2 heterocycles. The summed E-state index contributed by atoms with van der Waals surface area (Å²) < 4.78 is 15.9. The van der Waals surface area contributed by atoms with Crippen LogP contribution in [-0.4, -0.2) is 54.7 Å². The number of H-pyrrole nitrogens is 1. The second kappa shape index (κ2) is 11.4. The number of ether oxygens (including phenoxy) is 3. The number of anilines is 1. The quantitative estimate of drug-likeness (QED) is 0.245. The first kappa shape index (κ1) is 25.5. The molecule has 0 atom stereocenters. The minimum atomic E-state index is -0.382. The molecule has 1 amide bonds. The van der Waals surface area contributed by atoms with Crippen molar-refractivity contribution in [3.05, 3.63) is 71.2 Å². The molecule has 3 N–H and O–H groups in total. The molecule has 10 nitrogen and oxygen atoms in total. The van der Waals surface area contributed by atoms with Crippen molar-refractivity contribution in [3.8, 4) is 17.2 Å². The van der Waals surface area contributed by atoms with Crippen molar-refractivity contribution < 1.29 is 19.0 Å². The first-order chi connectivity index (χ1) is 17.9. The van der Waals surface area contributed by atoms with Crippen LogP contribution in [0.5, 0.6) is 17.2 Å². The van der Waals surface area contributed by atoms with Gasteiger partial charge in [0.2, 0.25) is 11.9 Å². The van der Waals surface area contributed by atoms with Crippen molar-refractivity contribution in [2.45, 2.75) is 20.3 Å². The maximum atomic E-state index is 13.1. The van der Waals surface area contributed by atoms with E-state index in [2.05, 4.69) is 30.6 Å². The van der Waals surface area contributed by atoms with Crippen molar-refractivity contribution in [2.24, 2.45) is 4.99 Å². The smallest absolute Gasteiger partial charge is 0.258 e. The van der Waals surface area contributed by atoms with E-state index in [9.17, 15) is 4.79 Å². The Labute approximate surface area is 215 Å². The van der Waals surface area contributed by atoms with Gasteiger partial charge in [-0.15, -0.1) is 0 Å². The number of carbonyl (C=O) groups excluding carboxylic acids is 1. The first-order valence-corrected chi connectivity index (χ1v) is 11.7. The van der Waals surface area contributed by atoms with E-state index in [4.69, 9.17) is 14.2 Å². The second-order valence-corrected chi connectivity index (χ2v) is 8.36. The van der Waals surface area contributed by atoms with Gasteiger partial charge in [-0.1, -0.05) is 0 Å². The predicted molar refractivity (Wildman–Crippen MR) is 143 cm³/mol. The van der Waals surface area contributed by atoms with Gasteiger partial charge in [-0.05, 0) is 56.2 Å². The van der Waals surface area contributed by atoms with Crippen LogP contribution in [0.3, 0.4) is 0 Å². The van der Waals surface area contributed by atoms with Crippen molar-refractivity contribution in [1.29, 1.82) is 0 Å². The van der Waals surface area contributed by atoms with Crippen LogP contribution in [0, 0.1) is 13.8 Å². The van der Waals surface area contributed by atoms with Gasteiger partial charge in [-0.3, -0.25) is 20.4 Å². The Morgan fingerprint density at radius 2 is 1.59 bits per heavy atom. The number of methoxy groups -OCH3 is 3. The number of amides is 1. The summed E-state index contributed by atoms with van der Waals surface area (Å²) in [6, 6.07) is 12.7. The molecule has 0 radical (unpaired) electrons. The van der Waals surface area contributed by atoms with Gasteiger partial charge < -0.3 is 19.2 Å². The number of aryl methyl sites for hydroxylation is 2. The van der Waals surface area contributed by atoms with Gasteiger partial charge in [0.15, 0.2) is 0 Å². The maximum absolute atomic E-state index is 13.1. The lowest BCUT2D eigenvalue weighted by Gasteiger charge is -2.13. The summed E-state index contributed by atoms with van der Waals surface area (Å²) in [4.78, 5) is 29.9. The Balaban J connectivity index is 1.57. The monoisotopic (exact) mass is 502 g/mol. The van der Waals surface area contributed by atoms with Crippen LogP contribution in [0.1, 0.15) is 27.3 Å². The van der Waals surface area contributed by atoms with Crippen LogP contribution in [0.25, 0.3) is 10.9 Å². The number of fused-ring (bicyclic) bond motifs is 1. The van der Waals surface area contributed by atoms with Gasteiger partial charge in [-0.25, -0.2) is 9.97 Å². The molecule has 2 aromatic heterocycles. The van der Waals surface area contributed by atoms with E-state index in [1.54, 1.807) is 25.3 Å². The molecule has 0 saturated heterocycles. The molecular weight excluding hydrogens is 472 g/mol. The molecule has 4 aromatic rings. The van der Waals surface area contributed by atoms with Gasteiger partial charge >= 0.3 is 0 Å². The zero-order valence-corrected chi connectivity index (χ0v) is 21.5. The van der Waals surface area contributed by atoms with Crippen LogP contribution in [-0.2, 0) is 6.42 Å². The molecule has 0 fully saturated rings. The fraction of sp³-hybridized carbons (Fsp3) is 0.259. The van der Waals surface area contributed by atoms with Crippen LogP contribution in [0.4, 0.5) is 5.95 Å². The number of rotatable bonds is 8. The Morgan fingerprint density at radius 3 is 2.24 bits per heavy atom. The van der Waals surface area contributed by atoms with Crippen LogP contribution >= 0.6 is 0 Å². The highest BCUT2D eigenvalue weighted by atomic mass is 16.5. The fourth-order valence-electron chi connectivity index (χ4n) is 3.90. The summed E-state index contributed by atoms with van der Waals surface area (Å²) in [6.45, 7) is 4.17. The molecule has 10 heteroatoms. The molecule has 2 aromatic carbocycles. The predicted octanol–water partition coefficient (Wildman–Crippen LogP) is 4.04. The highest BCUT2D eigenvalue weighted by molar-refractivity contribution is 6.09. The Bertz CT molecular complexity index is 1400. The Hall–Kier alpha value is -4.60. The first-order valence-electron chi connectivity index (χ1n) is 11.7. The number of guanidine groups is 1. The number of benzene rings is 2. The molecule has 0 aliphatic carbocycles. The summed E-state index contributed by atoms with van der Waals surface area (Å²) in [5.41, 5.74) is 4.05. The SMILES string of the molecule is COc1cc(OC)cc(C(=O)NC(=NCCc2c[nH]c3cc(OC)ccc23)Nc2nc(C)cc(C)n2)c1. The lowest BCUT2D eigenvalue weighted by molar-refractivity contribution is 0.0976. The van der Waals surface area contributed by atoms with Crippen LogP contribution in [0.15, 0.2) is 53.7 Å². The summed E-state index contributed by atoms with van der Waals surface area (Å²) in [7, 11) is 4.70. The van der Waals surface area contributed by atoms with Gasteiger partial charge in [-0.2, -0.15) is 0 Å². The standard InChI is InChI=1S/C27H30N6O4/c1-16-10-17(2)31-27(30-16)33-26(32-25(34)19-11-21(36-4)13-22(12-19)37-5)28-9-8-18-15-29-24-14-20(35-3)6-7-23(18)24/h6-7,10-15,29H,8-9H2,1-5H3,(H2,28,30,31,32,33,34). The highest BCUT2D eigenvalue weighted by Gasteiger charge is 2.14. The normalized spacial score (nSPS) is 11.3. The zero-order valence-electron chi connectivity index (χ0n) is 21.5. The molecule has 0 spiro atoms. The summed E-state index contributed by atoms with van der Waals surface area (Å²) in [5.74, 6) is 1.99. The van der Waals surface area contributed by atoms with E-state index < -0.39 is 0 Å². The average molecular weight is 503 g/mol. The van der Waals surface area contributed by atoms with Crippen molar-refractivity contribution in [3.63, 3.8) is 0 Å². The minimum Gasteiger partial charge on any atom is -0.497 e. The summed E-state index contributed by atoms with van der Waals surface area (Å²) in [5, 5.41) is 6.99. The summed E-state index contributed by atoms with van der Waals surface area (Å²) >= 11 is 0. The minimum absolute atomic E-state index is 0.235. The van der Waals surface area contributed by atoms with Gasteiger partial charge in [0.25, 0.3) is 5.91 Å². The largest absolute Gasteiger partial charge is 0.497 e. The van der Waals surface area contributed by atoms with E-state index in [0.29, 0.717) is 36.0 Å². The third-order valence-corrected chi connectivity index (χ3v) is 5.68. The van der Waals surface area contributed by atoms with Gasteiger partial charge in [0.05, 0.1) is 21.3 Å². The molecule has 0 bridgehead atoms. The van der Waals surface area contributed by atoms with Crippen LogP contribution in [0.2, 0.25) is 0 Å². The van der Waals surface area contributed by atoms with Crippen molar-refractivity contribution in [2.75, 3.05) is 33.2 Å². The van der Waals surface area contributed by atoms with E-state index in [-0.39, 0.29) is 11.9 Å². The molecule has 0 unspecified atom stereocenters. The third kappa shape index (κ3) is 6.35. The lowest BCUT2D eigenvalue weighted by atomic mass is 10.1. The number of nitrogens with zero attached hydrogens (tertiary/aromatic N) is 3. The topological polar surface area (TPSA) is 123 Å². The third-order valence-electron chi connectivity index (χ3n) is 5.68. The molecule has 0 saturated carbocycles. The van der Waals surface area contributed by atoms with E-state index in [1.807, 2.05) is 44.3 Å². The van der Waals surface area contributed by atoms with Crippen LogP contribution < -0.4 is 24.8 Å². The molecule has 0 aliphatic rings. The molecule has 37 heavy (non-hydrogen) atoms. The number of hydrogen-bond acceptors (Lipinski definition) is 7. The molecule has 0 aliphatic heterocycles. The van der Waals surface area contributed by atoms with E-state index in [0.717, 1.165) is 33.6 Å². The number of aromatic nitrogens is 3. The van der Waals surface area contributed by atoms with Crippen molar-refractivity contribution in [1.82, 2.24) is 20.3 Å². The average Bonchev–Trinajstić information content (AvgIpc) is 3.29.